The van der Waals surface area contributed by atoms with Crippen molar-refractivity contribution >= 4 is 21.6 Å². The van der Waals surface area contributed by atoms with Gasteiger partial charge < -0.3 is 0 Å². The molecule has 0 unspecified atom stereocenters. The molecule has 1 N–H and O–H groups in total. The number of benzene rings is 1. The fourth-order valence-electron chi connectivity index (χ4n) is 1.01. The van der Waals surface area contributed by atoms with E-state index >= 15 is 0 Å². The van der Waals surface area contributed by atoms with Crippen LogP contribution >= 0.6 is 15.9 Å². The highest BCUT2D eigenvalue weighted by atomic mass is 79.9. The summed E-state index contributed by atoms with van der Waals surface area (Å²) in [6.07, 6.45) is 3.57. The highest BCUT2D eigenvalue weighted by molar-refractivity contribution is 9.10. The molecule has 3 nitrogen and oxygen atoms in total. The fourth-order valence-corrected chi connectivity index (χ4v) is 1.38. The Hall–Kier alpha value is -1.29. The summed E-state index contributed by atoms with van der Waals surface area (Å²) in [5.41, 5.74) is 4.10. The molecule has 0 saturated heterocycles. The Kier molecular flexibility index (Phi) is 2.31. The molecule has 0 bridgehead atoms. The number of anilines is 1. The number of aromatic nitrogens is 2. The number of para-hydroxylation sites is 1. The number of rotatable bonds is 2. The average Bonchev–Trinajstić information content (AvgIpc) is 2.61. The maximum atomic E-state index is 4.04. The molecule has 0 spiro atoms. The lowest BCUT2D eigenvalue weighted by atomic mass is 10.3. The zero-order valence-corrected chi connectivity index (χ0v) is 8.40. The van der Waals surface area contributed by atoms with E-state index in [1.54, 1.807) is 11.0 Å². The van der Waals surface area contributed by atoms with Gasteiger partial charge in [-0.2, -0.15) is 9.89 Å². The SMILES string of the molecule is Brc1ccccc1Nn1cccn1. The van der Waals surface area contributed by atoms with E-state index in [4.69, 9.17) is 0 Å². The van der Waals surface area contributed by atoms with E-state index in [0.29, 0.717) is 0 Å². The number of nitrogens with one attached hydrogen (secondary N) is 1. The van der Waals surface area contributed by atoms with Crippen LogP contribution in [0, 0.1) is 0 Å². The van der Waals surface area contributed by atoms with Crippen LogP contribution in [0.1, 0.15) is 0 Å². The Balaban J connectivity index is 2.24. The number of hydrogen-bond donors (Lipinski definition) is 1. The van der Waals surface area contributed by atoms with Gasteiger partial charge in [0.05, 0.1) is 11.9 Å². The first-order valence-electron chi connectivity index (χ1n) is 3.87. The fraction of sp³-hybridized carbons (Fsp3) is 0. The van der Waals surface area contributed by atoms with Gasteiger partial charge >= 0.3 is 0 Å². The standard InChI is InChI=1S/C9H8BrN3/c10-8-4-1-2-5-9(8)12-13-7-3-6-11-13/h1-7,12H. The minimum absolute atomic E-state index is 0.992. The Morgan fingerprint density at radius 1 is 1.23 bits per heavy atom. The van der Waals surface area contributed by atoms with Gasteiger partial charge in [-0.15, -0.1) is 0 Å². The Labute approximate surface area is 84.5 Å². The van der Waals surface area contributed by atoms with Crippen LogP contribution in [-0.4, -0.2) is 9.89 Å². The number of hydrogen-bond acceptors (Lipinski definition) is 2. The van der Waals surface area contributed by atoms with Crippen molar-refractivity contribution in [3.63, 3.8) is 0 Å². The van der Waals surface area contributed by atoms with Crippen molar-refractivity contribution in [2.75, 3.05) is 5.43 Å². The summed E-state index contributed by atoms with van der Waals surface area (Å²) in [6, 6.07) is 9.76. The first kappa shape index (κ1) is 8.31. The lowest BCUT2D eigenvalue weighted by Gasteiger charge is -2.06. The van der Waals surface area contributed by atoms with E-state index in [0.717, 1.165) is 10.2 Å². The van der Waals surface area contributed by atoms with Gasteiger partial charge in [-0.05, 0) is 34.1 Å². The molecule has 0 radical (unpaired) electrons. The van der Waals surface area contributed by atoms with Crippen LogP contribution in [0.2, 0.25) is 0 Å². The Bertz CT molecular complexity index is 384. The third-order valence-electron chi connectivity index (χ3n) is 1.61. The van der Waals surface area contributed by atoms with Gasteiger partial charge in [0.2, 0.25) is 0 Å². The zero-order valence-electron chi connectivity index (χ0n) is 6.81. The van der Waals surface area contributed by atoms with Crippen molar-refractivity contribution in [3.05, 3.63) is 47.2 Å². The van der Waals surface area contributed by atoms with E-state index in [1.807, 2.05) is 36.5 Å². The summed E-state index contributed by atoms with van der Waals surface area (Å²) >= 11 is 3.44. The van der Waals surface area contributed by atoms with Gasteiger partial charge in [0.15, 0.2) is 0 Å². The third-order valence-corrected chi connectivity index (χ3v) is 2.30. The first-order chi connectivity index (χ1) is 6.36. The lowest BCUT2D eigenvalue weighted by molar-refractivity contribution is 0.803. The average molecular weight is 238 g/mol. The van der Waals surface area contributed by atoms with E-state index in [1.165, 1.54) is 0 Å². The topological polar surface area (TPSA) is 29.9 Å². The van der Waals surface area contributed by atoms with Crippen LogP contribution in [0.4, 0.5) is 5.69 Å². The Morgan fingerprint density at radius 2 is 2.08 bits per heavy atom. The van der Waals surface area contributed by atoms with Crippen LogP contribution in [-0.2, 0) is 0 Å². The predicted molar refractivity (Wildman–Crippen MR) is 55.4 cm³/mol. The zero-order chi connectivity index (χ0) is 9.10. The van der Waals surface area contributed by atoms with E-state index in [9.17, 15) is 0 Å². The van der Waals surface area contributed by atoms with Gasteiger partial charge in [0, 0.05) is 10.7 Å². The van der Waals surface area contributed by atoms with Gasteiger partial charge in [-0.25, -0.2) is 0 Å². The molecular formula is C9H8BrN3. The largest absolute Gasteiger partial charge is 0.277 e. The van der Waals surface area contributed by atoms with Crippen molar-refractivity contribution in [2.24, 2.45) is 0 Å². The molecule has 13 heavy (non-hydrogen) atoms. The molecule has 0 aliphatic rings. The molecule has 66 valence electrons. The summed E-state index contributed by atoms with van der Waals surface area (Å²) in [4.78, 5) is 1.65. The monoisotopic (exact) mass is 237 g/mol. The minimum atomic E-state index is 0.992. The molecule has 0 saturated carbocycles. The van der Waals surface area contributed by atoms with Crippen LogP contribution in [0.15, 0.2) is 47.2 Å². The summed E-state index contributed by atoms with van der Waals surface area (Å²) in [5, 5.41) is 4.04. The second-order valence-electron chi connectivity index (χ2n) is 2.54. The second-order valence-corrected chi connectivity index (χ2v) is 3.40. The van der Waals surface area contributed by atoms with Gasteiger partial charge in [-0.3, -0.25) is 5.43 Å². The maximum absolute atomic E-state index is 4.04. The molecule has 0 aliphatic heterocycles. The van der Waals surface area contributed by atoms with Crippen LogP contribution in [0.25, 0.3) is 0 Å². The van der Waals surface area contributed by atoms with E-state index in [-0.39, 0.29) is 0 Å². The van der Waals surface area contributed by atoms with Gasteiger partial charge in [0.1, 0.15) is 0 Å². The minimum Gasteiger partial charge on any atom is -0.277 e. The van der Waals surface area contributed by atoms with Gasteiger partial charge in [0.25, 0.3) is 0 Å². The molecule has 0 aliphatic carbocycles. The summed E-state index contributed by atoms with van der Waals surface area (Å²) in [7, 11) is 0. The summed E-state index contributed by atoms with van der Waals surface area (Å²) in [6.45, 7) is 0. The van der Waals surface area contributed by atoms with Crippen molar-refractivity contribution in [1.82, 2.24) is 9.89 Å². The van der Waals surface area contributed by atoms with Gasteiger partial charge in [-0.1, -0.05) is 12.1 Å². The molecule has 1 aromatic carbocycles. The summed E-state index contributed by atoms with van der Waals surface area (Å²) < 4.78 is 1.02. The predicted octanol–water partition coefficient (Wildman–Crippen LogP) is 2.52. The van der Waals surface area contributed by atoms with Crippen LogP contribution < -0.4 is 5.43 Å². The summed E-state index contributed by atoms with van der Waals surface area (Å²) in [5.74, 6) is 0. The van der Waals surface area contributed by atoms with Crippen molar-refractivity contribution in [2.45, 2.75) is 0 Å². The molecular weight excluding hydrogens is 230 g/mol. The molecule has 0 atom stereocenters. The molecule has 2 aromatic rings. The molecule has 0 amide bonds. The molecule has 1 heterocycles. The molecule has 1 aromatic heterocycles. The number of nitrogens with zero attached hydrogens (tertiary/aromatic N) is 2. The van der Waals surface area contributed by atoms with Crippen molar-refractivity contribution < 1.29 is 0 Å². The van der Waals surface area contributed by atoms with Crippen LogP contribution in [0.3, 0.4) is 0 Å². The van der Waals surface area contributed by atoms with E-state index < -0.39 is 0 Å². The number of halogens is 1. The smallest absolute Gasteiger partial charge is 0.0703 e. The first-order valence-corrected chi connectivity index (χ1v) is 4.67. The highest BCUT2D eigenvalue weighted by Gasteiger charge is 1.96. The molecule has 0 fully saturated rings. The van der Waals surface area contributed by atoms with Crippen molar-refractivity contribution in [1.29, 1.82) is 0 Å². The van der Waals surface area contributed by atoms with Crippen molar-refractivity contribution in [3.8, 4) is 0 Å². The Morgan fingerprint density at radius 3 is 2.77 bits per heavy atom. The normalized spacial score (nSPS) is 9.92. The molecule has 4 heteroatoms. The molecule has 2 rings (SSSR count). The quantitative estimate of drug-likeness (QED) is 0.871. The highest BCUT2D eigenvalue weighted by Crippen LogP contribution is 2.20. The third kappa shape index (κ3) is 1.89. The second kappa shape index (κ2) is 3.62. The van der Waals surface area contributed by atoms with E-state index in [2.05, 4.69) is 26.5 Å². The lowest BCUT2D eigenvalue weighted by Crippen LogP contribution is -2.09. The van der Waals surface area contributed by atoms with Crippen LogP contribution in [0.5, 0.6) is 0 Å². The maximum Gasteiger partial charge on any atom is 0.0703 e.